The maximum atomic E-state index is 5.39. The Balaban J connectivity index is 1.98. The van der Waals surface area contributed by atoms with E-state index in [0.717, 1.165) is 12.0 Å². The van der Waals surface area contributed by atoms with E-state index >= 15 is 0 Å². The van der Waals surface area contributed by atoms with Crippen LogP contribution in [-0.4, -0.2) is 9.96 Å². The van der Waals surface area contributed by atoms with E-state index in [1.807, 2.05) is 12.2 Å². The van der Waals surface area contributed by atoms with Crippen LogP contribution in [0.3, 0.4) is 0 Å². The van der Waals surface area contributed by atoms with Crippen LogP contribution in [0.25, 0.3) is 0 Å². The van der Waals surface area contributed by atoms with E-state index in [-0.39, 0.29) is 0 Å². The van der Waals surface area contributed by atoms with Gasteiger partial charge < -0.3 is 0 Å². The molecule has 0 bridgehead atoms. The van der Waals surface area contributed by atoms with Gasteiger partial charge in [-0.1, -0.05) is 47.5 Å². The predicted octanol–water partition coefficient (Wildman–Crippen LogP) is 3.08. The lowest BCUT2D eigenvalue weighted by Crippen LogP contribution is -2.24. The number of rotatable bonds is 4. The SMILES string of the molecule is C#CC(/C=C\C(C)C1=C2CC(Br)NN21)=C/C=C. The van der Waals surface area contributed by atoms with E-state index in [1.165, 1.54) is 11.4 Å². The molecule has 0 spiro atoms. The van der Waals surface area contributed by atoms with Crippen LogP contribution in [0.15, 0.2) is 47.9 Å². The number of terminal acetylenes is 1. The molecule has 0 saturated carbocycles. The van der Waals surface area contributed by atoms with Crippen molar-refractivity contribution in [2.45, 2.75) is 18.3 Å². The number of nitrogens with one attached hydrogen (secondary N) is 1. The van der Waals surface area contributed by atoms with Gasteiger partial charge in [-0.15, -0.1) is 6.42 Å². The highest BCUT2D eigenvalue weighted by Gasteiger charge is 2.42. The molecule has 17 heavy (non-hydrogen) atoms. The minimum absolute atomic E-state index is 0.388. The van der Waals surface area contributed by atoms with Crippen LogP contribution >= 0.6 is 15.9 Å². The standard InChI is InChI=1S/C14H15BrN2/c1-4-6-11(5-2)8-7-10(3)14-12-9-13(15)16-17(12)14/h2,4,6-8,10,13,16H,1,9H2,3H3/b8-7-,11-6-. The molecule has 2 heterocycles. The minimum atomic E-state index is 0.388. The van der Waals surface area contributed by atoms with Gasteiger partial charge >= 0.3 is 0 Å². The van der Waals surface area contributed by atoms with Gasteiger partial charge in [-0.3, -0.25) is 5.01 Å². The summed E-state index contributed by atoms with van der Waals surface area (Å²) >= 11 is 3.53. The summed E-state index contributed by atoms with van der Waals surface area (Å²) in [6.07, 6.45) is 14.1. The summed E-state index contributed by atoms with van der Waals surface area (Å²) in [7, 11) is 0. The monoisotopic (exact) mass is 290 g/mol. The van der Waals surface area contributed by atoms with Gasteiger partial charge in [0.25, 0.3) is 0 Å². The number of halogens is 1. The zero-order chi connectivity index (χ0) is 12.4. The first-order chi connectivity index (χ1) is 8.17. The molecule has 1 N–H and O–H groups in total. The molecule has 1 saturated heterocycles. The molecule has 2 atom stereocenters. The third-order valence-electron chi connectivity index (χ3n) is 2.86. The Kier molecular flexibility index (Phi) is 3.56. The topological polar surface area (TPSA) is 15.0 Å². The van der Waals surface area contributed by atoms with Crippen LogP contribution in [0.5, 0.6) is 0 Å². The molecule has 2 aliphatic rings. The van der Waals surface area contributed by atoms with Crippen molar-refractivity contribution < 1.29 is 0 Å². The Hall–Kier alpha value is -1.24. The summed E-state index contributed by atoms with van der Waals surface area (Å²) in [6, 6.07) is 0. The molecule has 0 aromatic carbocycles. The van der Waals surface area contributed by atoms with E-state index in [9.17, 15) is 0 Å². The first-order valence-electron chi connectivity index (χ1n) is 5.58. The Labute approximate surface area is 111 Å². The fourth-order valence-electron chi connectivity index (χ4n) is 2.00. The normalized spacial score (nSPS) is 24.9. The molecule has 2 unspecified atom stereocenters. The van der Waals surface area contributed by atoms with Crippen molar-refractivity contribution in [3.8, 4) is 12.3 Å². The number of nitrogens with zero attached hydrogens (tertiary/aromatic N) is 1. The molecule has 3 heteroatoms. The van der Waals surface area contributed by atoms with Crippen LogP contribution in [0.2, 0.25) is 0 Å². The van der Waals surface area contributed by atoms with E-state index < -0.39 is 0 Å². The van der Waals surface area contributed by atoms with E-state index in [0.29, 0.717) is 10.9 Å². The lowest BCUT2D eigenvalue weighted by molar-refractivity contribution is 0.434. The highest BCUT2D eigenvalue weighted by atomic mass is 79.9. The molecule has 2 nitrogen and oxygen atoms in total. The summed E-state index contributed by atoms with van der Waals surface area (Å²) < 4.78 is 0. The zero-order valence-electron chi connectivity index (χ0n) is 9.78. The maximum Gasteiger partial charge on any atom is 0.0872 e. The van der Waals surface area contributed by atoms with Gasteiger partial charge in [0.1, 0.15) is 0 Å². The predicted molar refractivity (Wildman–Crippen MR) is 74.7 cm³/mol. The highest BCUT2D eigenvalue weighted by Crippen LogP contribution is 2.44. The first kappa shape index (κ1) is 12.2. The van der Waals surface area contributed by atoms with Crippen molar-refractivity contribution in [1.82, 2.24) is 10.4 Å². The lowest BCUT2D eigenvalue weighted by Gasteiger charge is -2.09. The molecule has 1 fully saturated rings. The average Bonchev–Trinajstić information content (AvgIpc) is 2.82. The average molecular weight is 291 g/mol. The van der Waals surface area contributed by atoms with Crippen molar-refractivity contribution in [2.24, 2.45) is 5.92 Å². The second-order valence-electron chi connectivity index (χ2n) is 4.12. The van der Waals surface area contributed by atoms with Crippen LogP contribution in [0.4, 0.5) is 0 Å². The van der Waals surface area contributed by atoms with Crippen molar-refractivity contribution in [3.63, 3.8) is 0 Å². The smallest absolute Gasteiger partial charge is 0.0872 e. The molecule has 0 aliphatic carbocycles. The van der Waals surface area contributed by atoms with Gasteiger partial charge in [-0.2, -0.15) is 0 Å². The Bertz CT molecular complexity index is 465. The molecule has 0 amide bonds. The summed E-state index contributed by atoms with van der Waals surface area (Å²) in [4.78, 5) is 0.388. The summed E-state index contributed by atoms with van der Waals surface area (Å²) in [6.45, 7) is 5.81. The number of alkyl halides is 1. The maximum absolute atomic E-state index is 5.39. The van der Waals surface area contributed by atoms with Gasteiger partial charge in [0, 0.05) is 17.9 Å². The number of fused-ring (bicyclic) bond motifs is 1. The lowest BCUT2D eigenvalue weighted by atomic mass is 10.1. The molecule has 2 rings (SSSR count). The van der Waals surface area contributed by atoms with Crippen molar-refractivity contribution in [2.75, 3.05) is 0 Å². The molecule has 0 aromatic heterocycles. The van der Waals surface area contributed by atoms with Crippen LogP contribution in [-0.2, 0) is 0 Å². The van der Waals surface area contributed by atoms with Crippen LogP contribution < -0.4 is 5.43 Å². The van der Waals surface area contributed by atoms with Gasteiger partial charge in [0.05, 0.1) is 16.3 Å². The van der Waals surface area contributed by atoms with Gasteiger partial charge in [0.15, 0.2) is 0 Å². The van der Waals surface area contributed by atoms with Gasteiger partial charge in [-0.25, -0.2) is 5.43 Å². The second kappa shape index (κ2) is 4.95. The number of allylic oxidation sites excluding steroid dienone is 5. The third-order valence-corrected chi connectivity index (χ3v) is 3.39. The highest BCUT2D eigenvalue weighted by molar-refractivity contribution is 9.09. The molecule has 2 aliphatic heterocycles. The fraction of sp³-hybridized carbons (Fsp3) is 0.286. The largest absolute Gasteiger partial charge is 0.280 e. The Morgan fingerprint density at radius 3 is 3.06 bits per heavy atom. The summed E-state index contributed by atoms with van der Waals surface area (Å²) in [5, 5.41) is 2.15. The van der Waals surface area contributed by atoms with Crippen molar-refractivity contribution in [3.05, 3.63) is 47.9 Å². The molecule has 0 radical (unpaired) electrons. The number of hydrazine groups is 1. The van der Waals surface area contributed by atoms with E-state index in [4.69, 9.17) is 6.42 Å². The summed E-state index contributed by atoms with van der Waals surface area (Å²) in [5.41, 5.74) is 6.94. The minimum Gasteiger partial charge on any atom is -0.280 e. The van der Waals surface area contributed by atoms with E-state index in [1.54, 1.807) is 6.08 Å². The zero-order valence-corrected chi connectivity index (χ0v) is 11.4. The quantitative estimate of drug-likeness (QED) is 0.370. The Morgan fingerprint density at radius 1 is 1.76 bits per heavy atom. The van der Waals surface area contributed by atoms with Crippen molar-refractivity contribution >= 4 is 15.9 Å². The molecular formula is C14H15BrN2. The number of hydrogen-bond donors (Lipinski definition) is 1. The first-order valence-corrected chi connectivity index (χ1v) is 6.50. The molecule has 88 valence electrons. The van der Waals surface area contributed by atoms with Crippen LogP contribution in [0.1, 0.15) is 13.3 Å². The number of hydrogen-bond acceptors (Lipinski definition) is 2. The van der Waals surface area contributed by atoms with Crippen LogP contribution in [0, 0.1) is 18.3 Å². The molecule has 0 aromatic rings. The third kappa shape index (κ3) is 2.54. The Morgan fingerprint density at radius 2 is 2.53 bits per heavy atom. The second-order valence-corrected chi connectivity index (χ2v) is 5.22. The van der Waals surface area contributed by atoms with Gasteiger partial charge in [0.2, 0.25) is 0 Å². The van der Waals surface area contributed by atoms with Crippen molar-refractivity contribution in [1.29, 1.82) is 0 Å². The summed E-state index contributed by atoms with van der Waals surface area (Å²) in [5.74, 6) is 3.01. The fourth-order valence-corrected chi connectivity index (χ4v) is 2.51. The van der Waals surface area contributed by atoms with Gasteiger partial charge in [-0.05, 0) is 12.2 Å². The molecular weight excluding hydrogens is 276 g/mol. The van der Waals surface area contributed by atoms with E-state index in [2.05, 4.69) is 51.9 Å².